The van der Waals surface area contributed by atoms with Gasteiger partial charge in [0.15, 0.2) is 0 Å². The van der Waals surface area contributed by atoms with E-state index in [1.165, 1.54) is 0 Å². The lowest BCUT2D eigenvalue weighted by molar-refractivity contribution is -0.141. The molecule has 1 aromatic carbocycles. The highest BCUT2D eigenvalue weighted by molar-refractivity contribution is 8.02. The number of hydrogen-bond donors (Lipinski definition) is 3. The van der Waals surface area contributed by atoms with Crippen molar-refractivity contribution < 1.29 is 19.5 Å². The monoisotopic (exact) mass is 473 g/mol. The Morgan fingerprint density at radius 2 is 1.94 bits per heavy atom. The van der Waals surface area contributed by atoms with Crippen LogP contribution in [0.25, 0.3) is 0 Å². The van der Waals surface area contributed by atoms with E-state index < -0.39 is 28.7 Å². The van der Waals surface area contributed by atoms with Crippen LogP contribution in [0.1, 0.15) is 44.7 Å². The first-order valence-corrected chi connectivity index (χ1v) is 12.8. The zero-order chi connectivity index (χ0) is 24.1. The maximum atomic E-state index is 13.9. The molecular weight excluding hydrogens is 438 g/mol. The number of fused-ring (bicyclic) bond motifs is 1. The number of benzene rings is 1. The number of aliphatic hydroxyl groups excluding tert-OH is 1. The highest BCUT2D eigenvalue weighted by Gasteiger charge is 2.76. The predicted molar refractivity (Wildman–Crippen MR) is 130 cm³/mol. The van der Waals surface area contributed by atoms with E-state index in [1.54, 1.807) is 23.6 Å². The number of para-hydroxylation sites is 1. The van der Waals surface area contributed by atoms with Gasteiger partial charge in [0.2, 0.25) is 17.7 Å². The van der Waals surface area contributed by atoms with Crippen LogP contribution in [-0.4, -0.2) is 63.0 Å². The van der Waals surface area contributed by atoms with Crippen molar-refractivity contribution in [3.63, 3.8) is 0 Å². The SMILES string of the molecule is CCCNC(=O)[C@@H]1[C@H]2C(=O)N([C@H](C)CO)C(C(=O)Nc3c(C)cccc3C)C23S[C@@H]1CC3C. The van der Waals surface area contributed by atoms with Crippen LogP contribution >= 0.6 is 11.8 Å². The van der Waals surface area contributed by atoms with Crippen LogP contribution in [0.15, 0.2) is 18.2 Å². The molecule has 4 rings (SSSR count). The first-order valence-electron chi connectivity index (χ1n) is 11.9. The standard InChI is InChI=1S/C25H35N3O4S/c1-6-10-26-22(30)18-17-11-15(4)25(33-17)19(18)24(32)28(16(5)12-29)21(25)23(31)27-20-13(2)8-7-9-14(20)3/h7-9,15-19,21,29H,6,10-12H2,1-5H3,(H,26,30)(H,27,31)/t15?,16-,17-,18+,19+,21?,25?/m1/s1. The van der Waals surface area contributed by atoms with Gasteiger partial charge in [0.05, 0.1) is 29.2 Å². The van der Waals surface area contributed by atoms with E-state index in [0.717, 1.165) is 29.7 Å². The topological polar surface area (TPSA) is 98.7 Å². The summed E-state index contributed by atoms with van der Waals surface area (Å²) in [5, 5.41) is 16.1. The van der Waals surface area contributed by atoms with Gasteiger partial charge in [0.1, 0.15) is 6.04 Å². The van der Waals surface area contributed by atoms with E-state index in [-0.39, 0.29) is 35.5 Å². The van der Waals surface area contributed by atoms with Crippen molar-refractivity contribution in [3.8, 4) is 0 Å². The van der Waals surface area contributed by atoms with Crippen molar-refractivity contribution >= 4 is 35.2 Å². The first kappa shape index (κ1) is 24.1. The Balaban J connectivity index is 1.76. The number of aryl methyl sites for hydroxylation is 2. The Morgan fingerprint density at radius 3 is 2.55 bits per heavy atom. The molecule has 7 nitrogen and oxygen atoms in total. The molecule has 1 spiro atoms. The van der Waals surface area contributed by atoms with E-state index in [1.807, 2.05) is 39.0 Å². The van der Waals surface area contributed by atoms with Gasteiger partial charge in [-0.1, -0.05) is 32.0 Å². The first-order chi connectivity index (χ1) is 15.7. The summed E-state index contributed by atoms with van der Waals surface area (Å²) in [5.41, 5.74) is 2.67. The van der Waals surface area contributed by atoms with Gasteiger partial charge >= 0.3 is 0 Å². The molecule has 7 atom stereocenters. The second-order valence-electron chi connectivity index (χ2n) is 9.88. The maximum absolute atomic E-state index is 13.9. The molecule has 0 aliphatic carbocycles. The zero-order valence-corrected chi connectivity index (χ0v) is 20.9. The average Bonchev–Trinajstić information content (AvgIpc) is 3.37. The quantitative estimate of drug-likeness (QED) is 0.565. The minimum atomic E-state index is -0.745. The fraction of sp³-hybridized carbons (Fsp3) is 0.640. The summed E-state index contributed by atoms with van der Waals surface area (Å²) in [7, 11) is 0. The number of carbonyl (C=O) groups is 3. The third kappa shape index (κ3) is 3.57. The normalized spacial score (nSPS) is 33.2. The Kier molecular flexibility index (Phi) is 6.53. The fourth-order valence-corrected chi connectivity index (χ4v) is 8.60. The molecule has 180 valence electrons. The number of anilines is 1. The van der Waals surface area contributed by atoms with Gasteiger partial charge in [-0.3, -0.25) is 14.4 Å². The van der Waals surface area contributed by atoms with Crippen molar-refractivity contribution in [2.45, 2.75) is 69.5 Å². The van der Waals surface area contributed by atoms with Crippen molar-refractivity contribution in [3.05, 3.63) is 29.3 Å². The Labute approximate surface area is 200 Å². The number of carbonyl (C=O) groups excluding carboxylic acids is 3. The number of amides is 3. The van der Waals surface area contributed by atoms with Crippen molar-refractivity contribution in [2.24, 2.45) is 17.8 Å². The van der Waals surface area contributed by atoms with E-state index in [4.69, 9.17) is 0 Å². The van der Waals surface area contributed by atoms with Crippen molar-refractivity contribution in [1.82, 2.24) is 10.2 Å². The minimum absolute atomic E-state index is 0.0212. The van der Waals surface area contributed by atoms with Crippen molar-refractivity contribution in [2.75, 3.05) is 18.5 Å². The third-order valence-electron chi connectivity index (χ3n) is 7.75. The lowest BCUT2D eigenvalue weighted by Gasteiger charge is -2.39. The number of nitrogens with one attached hydrogen (secondary N) is 2. The van der Waals surface area contributed by atoms with Crippen LogP contribution in [0.2, 0.25) is 0 Å². The van der Waals surface area contributed by atoms with Gasteiger partial charge in [0, 0.05) is 17.5 Å². The molecule has 0 radical (unpaired) electrons. The number of aliphatic hydroxyl groups is 1. The highest BCUT2D eigenvalue weighted by atomic mass is 32.2. The second-order valence-corrected chi connectivity index (χ2v) is 11.4. The largest absolute Gasteiger partial charge is 0.394 e. The van der Waals surface area contributed by atoms with Crippen LogP contribution in [0.5, 0.6) is 0 Å². The van der Waals surface area contributed by atoms with Crippen LogP contribution in [-0.2, 0) is 14.4 Å². The number of thioether (sulfide) groups is 1. The van der Waals surface area contributed by atoms with Gasteiger partial charge in [0.25, 0.3) is 0 Å². The molecule has 3 N–H and O–H groups in total. The fourth-order valence-electron chi connectivity index (χ4n) is 6.19. The Bertz CT molecular complexity index is 949. The summed E-state index contributed by atoms with van der Waals surface area (Å²) < 4.78 is -0.680. The molecule has 0 saturated carbocycles. The van der Waals surface area contributed by atoms with Crippen LogP contribution in [0.3, 0.4) is 0 Å². The smallest absolute Gasteiger partial charge is 0.248 e. The molecule has 3 unspecified atom stereocenters. The van der Waals surface area contributed by atoms with Crippen LogP contribution in [0.4, 0.5) is 5.69 Å². The lowest BCUT2D eigenvalue weighted by Crippen LogP contribution is -2.56. The summed E-state index contributed by atoms with van der Waals surface area (Å²) in [6.07, 6.45) is 1.62. The van der Waals surface area contributed by atoms with Crippen LogP contribution < -0.4 is 10.6 Å². The molecule has 3 heterocycles. The molecular formula is C25H35N3O4S. The molecule has 3 saturated heterocycles. The van der Waals surface area contributed by atoms with Gasteiger partial charge in [-0.05, 0) is 50.7 Å². The Hall–Kier alpha value is -2.06. The molecule has 33 heavy (non-hydrogen) atoms. The summed E-state index contributed by atoms with van der Waals surface area (Å²) in [5.74, 6) is -1.42. The Morgan fingerprint density at radius 1 is 1.27 bits per heavy atom. The van der Waals surface area contributed by atoms with E-state index in [9.17, 15) is 19.5 Å². The van der Waals surface area contributed by atoms with Gasteiger partial charge in [-0.25, -0.2) is 0 Å². The van der Waals surface area contributed by atoms with Crippen molar-refractivity contribution in [1.29, 1.82) is 0 Å². The molecule has 0 aromatic heterocycles. The lowest BCUT2D eigenvalue weighted by atomic mass is 9.66. The highest BCUT2D eigenvalue weighted by Crippen LogP contribution is 2.68. The molecule has 2 bridgehead atoms. The van der Waals surface area contributed by atoms with Crippen LogP contribution in [0, 0.1) is 31.6 Å². The molecule has 1 aromatic rings. The van der Waals surface area contributed by atoms with Gasteiger partial charge in [-0.15, -0.1) is 11.8 Å². The number of hydrogen-bond acceptors (Lipinski definition) is 5. The molecule has 3 fully saturated rings. The van der Waals surface area contributed by atoms with Gasteiger partial charge in [-0.2, -0.15) is 0 Å². The molecule has 8 heteroatoms. The van der Waals surface area contributed by atoms with E-state index in [2.05, 4.69) is 17.6 Å². The molecule has 3 aliphatic heterocycles. The molecule has 3 amide bonds. The summed E-state index contributed by atoms with van der Waals surface area (Å²) in [6, 6.07) is 4.58. The summed E-state index contributed by atoms with van der Waals surface area (Å²) in [6.45, 7) is 10.1. The average molecular weight is 474 g/mol. The van der Waals surface area contributed by atoms with E-state index in [0.29, 0.717) is 6.54 Å². The van der Waals surface area contributed by atoms with Gasteiger partial charge < -0.3 is 20.6 Å². The van der Waals surface area contributed by atoms with E-state index >= 15 is 0 Å². The number of rotatable bonds is 7. The number of nitrogens with zero attached hydrogens (tertiary/aromatic N) is 1. The zero-order valence-electron chi connectivity index (χ0n) is 20.1. The maximum Gasteiger partial charge on any atom is 0.248 e. The summed E-state index contributed by atoms with van der Waals surface area (Å²) >= 11 is 1.65. The molecule has 3 aliphatic rings. The summed E-state index contributed by atoms with van der Waals surface area (Å²) in [4.78, 5) is 42.5. The minimum Gasteiger partial charge on any atom is -0.394 e. The third-order valence-corrected chi connectivity index (χ3v) is 9.83. The predicted octanol–water partition coefficient (Wildman–Crippen LogP) is 2.49. The second kappa shape index (κ2) is 8.95. The number of likely N-dealkylation sites (tertiary alicyclic amines) is 1.